The van der Waals surface area contributed by atoms with Crippen LogP contribution in [0.2, 0.25) is 0 Å². The number of aliphatic hydroxyl groups excluding tert-OH is 2. The molecular weight excluding hydrogens is 284 g/mol. The van der Waals surface area contributed by atoms with Crippen LogP contribution >= 0.6 is 11.8 Å². The highest BCUT2D eigenvalue weighted by molar-refractivity contribution is 8.13. The summed E-state index contributed by atoms with van der Waals surface area (Å²) in [6.45, 7) is 0.829. The van der Waals surface area contributed by atoms with Crippen LogP contribution in [0, 0.1) is 0 Å². The number of carboxylic acid groups (broad SMARTS) is 1. The number of aliphatic carboxylic acids is 1. The van der Waals surface area contributed by atoms with Crippen LogP contribution < -0.4 is 4.74 Å². The summed E-state index contributed by atoms with van der Waals surface area (Å²) in [5.41, 5.74) is 0.283. The van der Waals surface area contributed by atoms with Crippen molar-refractivity contribution in [2.75, 3.05) is 12.4 Å². The van der Waals surface area contributed by atoms with Crippen molar-refractivity contribution in [3.05, 3.63) is 29.8 Å². The number of aliphatic hydroxyl groups is 2. The number of benzene rings is 1. The highest BCUT2D eigenvalue weighted by Crippen LogP contribution is 2.28. The van der Waals surface area contributed by atoms with Gasteiger partial charge in [-0.2, -0.15) is 0 Å². The molecule has 0 saturated carbocycles. The molecule has 0 spiro atoms. The van der Waals surface area contributed by atoms with E-state index in [2.05, 4.69) is 0 Å². The van der Waals surface area contributed by atoms with E-state index in [9.17, 15) is 19.8 Å². The molecule has 0 bridgehead atoms. The number of hydrogen-bond acceptors (Lipinski definition) is 6. The number of para-hydroxylation sites is 1. The first-order valence-corrected chi connectivity index (χ1v) is 6.83. The van der Waals surface area contributed by atoms with Crippen molar-refractivity contribution in [2.24, 2.45) is 0 Å². The Bertz CT molecular complexity index is 476. The Kier molecular flexibility index (Phi) is 6.50. The molecule has 7 heteroatoms. The minimum absolute atomic E-state index is 0.0454. The van der Waals surface area contributed by atoms with Gasteiger partial charge in [-0.25, -0.2) is 4.79 Å². The van der Waals surface area contributed by atoms with Crippen LogP contribution in [0.5, 0.6) is 5.75 Å². The molecule has 0 aliphatic carbocycles. The van der Waals surface area contributed by atoms with E-state index in [1.54, 1.807) is 12.1 Å². The van der Waals surface area contributed by atoms with Gasteiger partial charge in [0.15, 0.2) is 11.7 Å². The lowest BCUT2D eigenvalue weighted by molar-refractivity contribution is -0.139. The van der Waals surface area contributed by atoms with Crippen LogP contribution in [0.3, 0.4) is 0 Å². The van der Waals surface area contributed by atoms with Gasteiger partial charge in [-0.15, -0.1) is 0 Å². The number of carbonyl (C=O) groups excluding carboxylic acids is 1. The lowest BCUT2D eigenvalue weighted by atomic mass is 10.0. The molecule has 1 aromatic carbocycles. The Morgan fingerprint density at radius 3 is 2.55 bits per heavy atom. The molecule has 0 aromatic heterocycles. The number of carboxylic acids is 1. The molecule has 0 aliphatic heterocycles. The van der Waals surface area contributed by atoms with E-state index in [4.69, 9.17) is 9.84 Å². The van der Waals surface area contributed by atoms with E-state index in [0.29, 0.717) is 0 Å². The van der Waals surface area contributed by atoms with Gasteiger partial charge in [-0.3, -0.25) is 4.79 Å². The van der Waals surface area contributed by atoms with Gasteiger partial charge in [0.1, 0.15) is 11.9 Å². The van der Waals surface area contributed by atoms with Crippen LogP contribution in [-0.2, 0) is 9.59 Å². The molecule has 6 nitrogen and oxygen atoms in total. The summed E-state index contributed by atoms with van der Waals surface area (Å²) in [4.78, 5) is 21.3. The maximum Gasteiger partial charge on any atom is 0.341 e. The van der Waals surface area contributed by atoms with E-state index >= 15 is 0 Å². The third kappa shape index (κ3) is 5.20. The molecule has 0 heterocycles. The van der Waals surface area contributed by atoms with Crippen LogP contribution in [0.25, 0.3) is 0 Å². The van der Waals surface area contributed by atoms with Crippen LogP contribution in [0.15, 0.2) is 24.3 Å². The predicted molar refractivity (Wildman–Crippen MR) is 73.7 cm³/mol. The zero-order chi connectivity index (χ0) is 15.1. The molecule has 1 aromatic rings. The topological polar surface area (TPSA) is 104 Å². The van der Waals surface area contributed by atoms with Crippen molar-refractivity contribution in [3.8, 4) is 5.75 Å². The Morgan fingerprint density at radius 2 is 1.95 bits per heavy atom. The van der Waals surface area contributed by atoms with E-state index < -0.39 is 24.8 Å². The first kappa shape index (κ1) is 16.5. The van der Waals surface area contributed by atoms with Crippen molar-refractivity contribution in [3.63, 3.8) is 0 Å². The van der Waals surface area contributed by atoms with Crippen molar-refractivity contribution >= 4 is 22.8 Å². The third-order valence-electron chi connectivity index (χ3n) is 2.41. The molecule has 1 rings (SSSR count). The van der Waals surface area contributed by atoms with Gasteiger partial charge < -0.3 is 20.1 Å². The summed E-state index contributed by atoms with van der Waals surface area (Å²) in [7, 11) is 0. The number of hydrogen-bond donors (Lipinski definition) is 3. The Hall–Kier alpha value is -1.57. The summed E-state index contributed by atoms with van der Waals surface area (Å²) < 4.78 is 5.05. The summed E-state index contributed by atoms with van der Waals surface area (Å²) in [5.74, 6) is -0.903. The second-order valence-corrected chi connectivity index (χ2v) is 5.23. The highest BCUT2D eigenvalue weighted by Gasteiger charge is 2.22. The Labute approximate surface area is 120 Å². The van der Waals surface area contributed by atoms with Gasteiger partial charge in [0.25, 0.3) is 0 Å². The Morgan fingerprint density at radius 1 is 1.30 bits per heavy atom. The van der Waals surface area contributed by atoms with Gasteiger partial charge >= 0.3 is 5.97 Å². The fourth-order valence-electron chi connectivity index (χ4n) is 1.50. The second-order valence-electron chi connectivity index (χ2n) is 4.04. The van der Waals surface area contributed by atoms with Crippen LogP contribution in [0.1, 0.15) is 18.6 Å². The molecule has 20 heavy (non-hydrogen) atoms. The zero-order valence-corrected chi connectivity index (χ0v) is 11.7. The molecule has 0 amide bonds. The minimum Gasteiger partial charge on any atom is -0.482 e. The van der Waals surface area contributed by atoms with Gasteiger partial charge in [-0.1, -0.05) is 30.0 Å². The highest BCUT2D eigenvalue weighted by atomic mass is 32.2. The maximum absolute atomic E-state index is 10.8. The molecule has 0 aliphatic rings. The average Bonchev–Trinajstić information content (AvgIpc) is 2.41. The van der Waals surface area contributed by atoms with E-state index in [0.717, 1.165) is 11.8 Å². The van der Waals surface area contributed by atoms with Crippen LogP contribution in [-0.4, -0.2) is 44.9 Å². The quantitative estimate of drug-likeness (QED) is 0.685. The number of ether oxygens (including phenoxy) is 1. The third-order valence-corrected chi connectivity index (χ3v) is 3.33. The standard InChI is InChI=1S/C13H16O6S/c1-8(14)20-7-10(15)13(18)9-4-2-3-5-11(9)19-6-12(16)17/h2-5,10,13,15,18H,6-7H2,1H3,(H,16,17). The Balaban J connectivity index is 2.77. The van der Waals surface area contributed by atoms with Gasteiger partial charge in [0, 0.05) is 18.2 Å². The summed E-state index contributed by atoms with van der Waals surface area (Å²) in [6, 6.07) is 6.30. The van der Waals surface area contributed by atoms with E-state index in [1.807, 2.05) is 0 Å². The first-order valence-electron chi connectivity index (χ1n) is 5.85. The van der Waals surface area contributed by atoms with Crippen molar-refractivity contribution in [1.82, 2.24) is 0 Å². The summed E-state index contributed by atoms with van der Waals surface area (Å²) >= 11 is 0.903. The smallest absolute Gasteiger partial charge is 0.341 e. The molecule has 0 saturated heterocycles. The van der Waals surface area contributed by atoms with Crippen molar-refractivity contribution < 1.29 is 29.6 Å². The summed E-state index contributed by atoms with van der Waals surface area (Å²) in [5, 5.41) is 28.3. The fraction of sp³-hybridized carbons (Fsp3) is 0.385. The van der Waals surface area contributed by atoms with Gasteiger partial charge in [-0.05, 0) is 6.07 Å². The minimum atomic E-state index is -1.26. The van der Waals surface area contributed by atoms with Gasteiger partial charge in [0.2, 0.25) is 0 Å². The molecule has 0 radical (unpaired) electrons. The fourth-order valence-corrected chi connectivity index (χ4v) is 2.08. The maximum atomic E-state index is 10.8. The first-order chi connectivity index (χ1) is 9.41. The largest absolute Gasteiger partial charge is 0.482 e. The lowest BCUT2D eigenvalue weighted by Gasteiger charge is -2.20. The summed E-state index contributed by atoms with van der Waals surface area (Å²) in [6.07, 6.45) is -2.41. The van der Waals surface area contributed by atoms with Crippen molar-refractivity contribution in [1.29, 1.82) is 0 Å². The molecular formula is C13H16O6S. The number of rotatable bonds is 7. The lowest BCUT2D eigenvalue weighted by Crippen LogP contribution is -2.22. The average molecular weight is 300 g/mol. The molecule has 0 fully saturated rings. The molecule has 2 unspecified atom stereocenters. The second kappa shape index (κ2) is 7.88. The number of thioether (sulfide) groups is 1. The van der Waals surface area contributed by atoms with E-state index in [-0.39, 0.29) is 22.2 Å². The zero-order valence-electron chi connectivity index (χ0n) is 10.9. The predicted octanol–water partition coefficient (Wildman–Crippen LogP) is 0.824. The normalized spacial score (nSPS) is 13.6. The molecule has 3 N–H and O–H groups in total. The van der Waals surface area contributed by atoms with Gasteiger partial charge in [0.05, 0.1) is 6.10 Å². The van der Waals surface area contributed by atoms with Crippen molar-refractivity contribution in [2.45, 2.75) is 19.1 Å². The SMILES string of the molecule is CC(=O)SCC(O)C(O)c1ccccc1OCC(=O)O. The molecule has 110 valence electrons. The monoisotopic (exact) mass is 300 g/mol. The van der Waals surface area contributed by atoms with Crippen LogP contribution in [0.4, 0.5) is 0 Å². The number of carbonyl (C=O) groups is 2. The van der Waals surface area contributed by atoms with E-state index in [1.165, 1.54) is 19.1 Å². The molecule has 2 atom stereocenters.